The summed E-state index contributed by atoms with van der Waals surface area (Å²) in [6.07, 6.45) is 3.41. The first-order valence-electron chi connectivity index (χ1n) is 7.53. The van der Waals surface area contributed by atoms with E-state index in [1.165, 1.54) is 17.8 Å². The van der Waals surface area contributed by atoms with E-state index < -0.39 is 17.4 Å². The molecule has 0 aliphatic carbocycles. The maximum Gasteiger partial charge on any atom is 0.269 e. The molecule has 0 N–H and O–H groups in total. The van der Waals surface area contributed by atoms with E-state index in [1.54, 1.807) is 10.7 Å². The van der Waals surface area contributed by atoms with Gasteiger partial charge in [-0.3, -0.25) is 19.3 Å². The van der Waals surface area contributed by atoms with E-state index in [2.05, 4.69) is 10.1 Å². The van der Waals surface area contributed by atoms with Gasteiger partial charge in [0.05, 0.1) is 11.1 Å². The molecule has 0 radical (unpaired) electrons. The van der Waals surface area contributed by atoms with E-state index >= 15 is 0 Å². The number of fused-ring (bicyclic) bond motifs is 2. The van der Waals surface area contributed by atoms with Crippen LogP contribution in [-0.4, -0.2) is 42.4 Å². The molecule has 0 unspecified atom stereocenters. The van der Waals surface area contributed by atoms with Crippen LogP contribution in [0, 0.1) is 0 Å². The van der Waals surface area contributed by atoms with Crippen LogP contribution >= 0.6 is 11.6 Å². The summed E-state index contributed by atoms with van der Waals surface area (Å²) in [4.78, 5) is 42.3. The topological polar surface area (TPSA) is 89.6 Å². The lowest BCUT2D eigenvalue weighted by Gasteiger charge is -2.11. The number of aryl methyl sites for hydroxylation is 1. The van der Waals surface area contributed by atoms with Gasteiger partial charge in [-0.25, -0.2) is 9.50 Å². The number of carbonyl (C=O) groups excluding carboxylic acids is 2. The third-order valence-corrected chi connectivity index (χ3v) is 4.45. The normalized spacial score (nSPS) is 13.8. The molecule has 3 aromatic rings. The number of carbonyl (C=O) groups is 2. The molecule has 4 heterocycles. The van der Waals surface area contributed by atoms with Crippen molar-refractivity contribution in [2.45, 2.75) is 6.42 Å². The maximum atomic E-state index is 12.5. The number of hydrogen-bond acceptors (Lipinski definition) is 5. The van der Waals surface area contributed by atoms with E-state index in [9.17, 15) is 14.4 Å². The Balaban J connectivity index is 1.61. The quantitative estimate of drug-likeness (QED) is 0.650. The van der Waals surface area contributed by atoms with Gasteiger partial charge in [0.25, 0.3) is 17.4 Å². The first-order valence-corrected chi connectivity index (χ1v) is 7.91. The number of amides is 2. The highest BCUT2D eigenvalue weighted by Crippen LogP contribution is 2.26. The molecular formula is C16H12ClN5O3. The summed E-state index contributed by atoms with van der Waals surface area (Å²) in [6.45, 7) is 0.109. The molecule has 0 spiro atoms. The summed E-state index contributed by atoms with van der Waals surface area (Å²) in [5, 5.41) is 4.06. The summed E-state index contributed by atoms with van der Waals surface area (Å²) in [5.41, 5.74) is 0.286. The van der Waals surface area contributed by atoms with Crippen molar-refractivity contribution in [3.05, 3.63) is 62.9 Å². The highest BCUT2D eigenvalue weighted by molar-refractivity contribution is 6.37. The minimum atomic E-state index is -0.563. The molecule has 2 amide bonds. The first-order chi connectivity index (χ1) is 12.0. The number of aromatic nitrogens is 4. The fraction of sp³-hybridized carbons (Fsp3) is 0.188. The molecule has 0 atom stereocenters. The van der Waals surface area contributed by atoms with Crippen molar-refractivity contribution in [2.24, 2.45) is 7.05 Å². The Hall–Kier alpha value is -3.00. The van der Waals surface area contributed by atoms with Gasteiger partial charge in [0, 0.05) is 32.4 Å². The lowest BCUT2D eigenvalue weighted by Crippen LogP contribution is -2.32. The van der Waals surface area contributed by atoms with Gasteiger partial charge in [0.15, 0.2) is 11.5 Å². The molecule has 3 aromatic heterocycles. The Morgan fingerprint density at radius 3 is 2.72 bits per heavy atom. The largest absolute Gasteiger partial charge is 0.316 e. The van der Waals surface area contributed by atoms with Crippen molar-refractivity contribution in [3.63, 3.8) is 0 Å². The average Bonchev–Trinajstić information content (AvgIpc) is 3.11. The molecule has 1 aliphatic heterocycles. The van der Waals surface area contributed by atoms with Crippen molar-refractivity contribution in [1.82, 2.24) is 24.1 Å². The van der Waals surface area contributed by atoms with E-state index in [-0.39, 0.29) is 22.7 Å². The Kier molecular flexibility index (Phi) is 3.43. The predicted octanol–water partition coefficient (Wildman–Crippen LogP) is 0.920. The number of rotatable bonds is 3. The standard InChI is InChI=1S/C16H12ClN5O3/c1-20-8-9-12(13(17)16(20)25)15(24)21(14(9)23)7-5-10-18-11-4-2-3-6-22(11)19-10/h2-4,6,8H,5,7H2,1H3. The van der Waals surface area contributed by atoms with Crippen molar-refractivity contribution < 1.29 is 9.59 Å². The van der Waals surface area contributed by atoms with Gasteiger partial charge in [-0.1, -0.05) is 17.7 Å². The Labute approximate surface area is 146 Å². The molecule has 0 fully saturated rings. The summed E-state index contributed by atoms with van der Waals surface area (Å²) < 4.78 is 2.82. The van der Waals surface area contributed by atoms with Gasteiger partial charge in [0.1, 0.15) is 5.02 Å². The SMILES string of the molecule is Cn1cc2c(c(Cl)c1=O)C(=O)N(CCc1nc3ccccn3n1)C2=O. The molecule has 1 aliphatic rings. The summed E-state index contributed by atoms with van der Waals surface area (Å²) in [7, 11) is 1.48. The molecular weight excluding hydrogens is 346 g/mol. The summed E-state index contributed by atoms with van der Waals surface area (Å²) >= 11 is 5.98. The predicted molar refractivity (Wildman–Crippen MR) is 88.8 cm³/mol. The number of pyridine rings is 2. The van der Waals surface area contributed by atoms with Crippen molar-refractivity contribution in [3.8, 4) is 0 Å². The second kappa shape index (κ2) is 5.52. The van der Waals surface area contributed by atoms with Crippen LogP contribution in [0.1, 0.15) is 26.5 Å². The van der Waals surface area contributed by atoms with Crippen molar-refractivity contribution in [2.75, 3.05) is 6.54 Å². The van der Waals surface area contributed by atoms with E-state index in [0.29, 0.717) is 17.9 Å². The van der Waals surface area contributed by atoms with Crippen molar-refractivity contribution in [1.29, 1.82) is 0 Å². The van der Waals surface area contributed by atoms with E-state index in [4.69, 9.17) is 11.6 Å². The zero-order valence-corrected chi connectivity index (χ0v) is 13.9. The van der Waals surface area contributed by atoms with Crippen LogP contribution in [0.4, 0.5) is 0 Å². The van der Waals surface area contributed by atoms with Gasteiger partial charge < -0.3 is 4.57 Å². The second-order valence-corrected chi connectivity index (χ2v) is 6.07. The molecule has 0 saturated heterocycles. The number of hydrogen-bond donors (Lipinski definition) is 0. The monoisotopic (exact) mass is 357 g/mol. The zero-order valence-electron chi connectivity index (χ0n) is 13.1. The minimum absolute atomic E-state index is 0.0299. The highest BCUT2D eigenvalue weighted by atomic mass is 35.5. The van der Waals surface area contributed by atoms with Crippen LogP contribution < -0.4 is 5.56 Å². The molecule has 0 bridgehead atoms. The molecule has 9 heteroatoms. The summed E-state index contributed by atoms with van der Waals surface area (Å²) in [6, 6.07) is 5.49. The molecule has 25 heavy (non-hydrogen) atoms. The number of nitrogens with zero attached hydrogens (tertiary/aromatic N) is 5. The summed E-state index contributed by atoms with van der Waals surface area (Å²) in [5.74, 6) is -0.517. The second-order valence-electron chi connectivity index (χ2n) is 5.69. The van der Waals surface area contributed by atoms with Crippen LogP contribution in [-0.2, 0) is 13.5 Å². The lowest BCUT2D eigenvalue weighted by molar-refractivity contribution is 0.0655. The van der Waals surface area contributed by atoms with Crippen LogP contribution in [0.5, 0.6) is 0 Å². The number of imide groups is 1. The minimum Gasteiger partial charge on any atom is -0.316 e. The molecule has 126 valence electrons. The average molecular weight is 358 g/mol. The zero-order chi connectivity index (χ0) is 17.7. The van der Waals surface area contributed by atoms with Crippen LogP contribution in [0.25, 0.3) is 5.65 Å². The van der Waals surface area contributed by atoms with Gasteiger partial charge in [0.2, 0.25) is 0 Å². The van der Waals surface area contributed by atoms with Crippen LogP contribution in [0.2, 0.25) is 5.02 Å². The Bertz CT molecular complexity index is 1070. The fourth-order valence-corrected chi connectivity index (χ4v) is 3.15. The first kappa shape index (κ1) is 15.5. The van der Waals surface area contributed by atoms with Gasteiger partial charge in [-0.2, -0.15) is 5.10 Å². The van der Waals surface area contributed by atoms with Gasteiger partial charge in [-0.15, -0.1) is 0 Å². The molecule has 0 saturated carbocycles. The van der Waals surface area contributed by atoms with E-state index in [0.717, 1.165) is 4.90 Å². The van der Waals surface area contributed by atoms with Crippen molar-refractivity contribution >= 4 is 29.1 Å². The third kappa shape index (κ3) is 2.33. The molecule has 8 nitrogen and oxygen atoms in total. The fourth-order valence-electron chi connectivity index (χ4n) is 2.84. The smallest absolute Gasteiger partial charge is 0.269 e. The number of halogens is 1. The van der Waals surface area contributed by atoms with Crippen LogP contribution in [0.3, 0.4) is 0 Å². The van der Waals surface area contributed by atoms with Crippen LogP contribution in [0.15, 0.2) is 35.4 Å². The Morgan fingerprint density at radius 1 is 1.16 bits per heavy atom. The van der Waals surface area contributed by atoms with Gasteiger partial charge >= 0.3 is 0 Å². The lowest BCUT2D eigenvalue weighted by atomic mass is 10.2. The molecule has 4 rings (SSSR count). The maximum absolute atomic E-state index is 12.5. The third-order valence-electron chi connectivity index (χ3n) is 4.10. The van der Waals surface area contributed by atoms with Gasteiger partial charge in [-0.05, 0) is 12.1 Å². The highest BCUT2D eigenvalue weighted by Gasteiger charge is 2.38. The molecule has 0 aromatic carbocycles. The Morgan fingerprint density at radius 2 is 1.96 bits per heavy atom. The van der Waals surface area contributed by atoms with E-state index in [1.807, 2.05) is 18.2 Å².